The zero-order valence-electron chi connectivity index (χ0n) is 9.44. The fraction of sp³-hybridized carbons (Fsp3) is 0.800. The molecule has 6 heteroatoms. The van der Waals surface area contributed by atoms with Crippen LogP contribution in [0.2, 0.25) is 0 Å². The lowest BCUT2D eigenvalue weighted by Gasteiger charge is -2.19. The highest BCUT2D eigenvalue weighted by atomic mass is 32.2. The van der Waals surface area contributed by atoms with Crippen molar-refractivity contribution >= 4 is 11.8 Å². The highest BCUT2D eigenvalue weighted by Gasteiger charge is 2.20. The molecule has 1 aliphatic rings. The van der Waals surface area contributed by atoms with Gasteiger partial charge in [-0.05, 0) is 6.42 Å². The molecule has 0 aliphatic carbocycles. The zero-order chi connectivity index (χ0) is 11.2. The summed E-state index contributed by atoms with van der Waals surface area (Å²) in [7, 11) is 1.70. The molecule has 0 bridgehead atoms. The lowest BCUT2D eigenvalue weighted by atomic mass is 10.3. The molecule has 1 unspecified atom stereocenters. The third-order valence-corrected chi connectivity index (χ3v) is 3.51. The Morgan fingerprint density at radius 2 is 2.56 bits per heavy atom. The van der Waals surface area contributed by atoms with Crippen LogP contribution in [0.25, 0.3) is 0 Å². The molecule has 0 aromatic carbocycles. The Morgan fingerprint density at radius 1 is 1.62 bits per heavy atom. The summed E-state index contributed by atoms with van der Waals surface area (Å²) in [6.07, 6.45) is 1.75. The molecule has 1 aromatic rings. The maximum absolute atomic E-state index is 5.26. The first-order valence-corrected chi connectivity index (χ1v) is 6.68. The van der Waals surface area contributed by atoms with Crippen LogP contribution in [0.5, 0.6) is 0 Å². The van der Waals surface area contributed by atoms with Gasteiger partial charge in [-0.1, -0.05) is 5.16 Å². The number of aryl methyl sites for hydroxylation is 1. The predicted octanol–water partition coefficient (Wildman–Crippen LogP) is 1.03. The summed E-state index contributed by atoms with van der Waals surface area (Å²) in [5.74, 6) is 3.68. The van der Waals surface area contributed by atoms with Gasteiger partial charge in [0.05, 0.1) is 6.04 Å². The predicted molar refractivity (Wildman–Crippen MR) is 62.6 cm³/mol. The highest BCUT2D eigenvalue weighted by molar-refractivity contribution is 7.99. The van der Waals surface area contributed by atoms with Crippen molar-refractivity contribution in [1.82, 2.24) is 15.5 Å². The van der Waals surface area contributed by atoms with E-state index in [0.717, 1.165) is 49.2 Å². The second-order valence-electron chi connectivity index (χ2n) is 3.73. The summed E-state index contributed by atoms with van der Waals surface area (Å²) in [5, 5.41) is 7.35. The molecule has 1 saturated heterocycles. The molecule has 0 spiro atoms. The Morgan fingerprint density at radius 3 is 3.31 bits per heavy atom. The van der Waals surface area contributed by atoms with Gasteiger partial charge < -0.3 is 14.6 Å². The van der Waals surface area contributed by atoms with Crippen molar-refractivity contribution < 1.29 is 9.26 Å². The number of aromatic nitrogens is 2. The first-order valence-electron chi connectivity index (χ1n) is 5.52. The van der Waals surface area contributed by atoms with E-state index in [0.29, 0.717) is 0 Å². The number of thioether (sulfide) groups is 1. The first-order chi connectivity index (χ1) is 7.90. The van der Waals surface area contributed by atoms with Gasteiger partial charge in [-0.15, -0.1) is 0 Å². The Hall–Kier alpha value is -0.590. The van der Waals surface area contributed by atoms with Gasteiger partial charge in [0.2, 0.25) is 5.89 Å². The Balaban J connectivity index is 1.85. The second-order valence-corrected chi connectivity index (χ2v) is 4.88. The van der Waals surface area contributed by atoms with E-state index in [4.69, 9.17) is 9.26 Å². The molecule has 1 aromatic heterocycles. The van der Waals surface area contributed by atoms with Crippen LogP contribution in [0.15, 0.2) is 4.52 Å². The van der Waals surface area contributed by atoms with Gasteiger partial charge in [-0.2, -0.15) is 16.7 Å². The van der Waals surface area contributed by atoms with E-state index in [9.17, 15) is 0 Å². The Labute approximate surface area is 99.3 Å². The SMILES string of the molecule is COCCCc1noc(C2CSCCN2)n1. The monoisotopic (exact) mass is 243 g/mol. The molecule has 2 rings (SSSR count). The summed E-state index contributed by atoms with van der Waals surface area (Å²) in [6, 6.07) is 0.224. The number of nitrogens with one attached hydrogen (secondary N) is 1. The minimum absolute atomic E-state index is 0.224. The maximum Gasteiger partial charge on any atom is 0.244 e. The number of hydrogen-bond donors (Lipinski definition) is 1. The number of methoxy groups -OCH3 is 1. The van der Waals surface area contributed by atoms with Crippen molar-refractivity contribution in [3.8, 4) is 0 Å². The van der Waals surface area contributed by atoms with Crippen LogP contribution in [0, 0.1) is 0 Å². The fourth-order valence-electron chi connectivity index (χ4n) is 1.61. The summed E-state index contributed by atoms with van der Waals surface area (Å²) in [6.45, 7) is 1.75. The van der Waals surface area contributed by atoms with Crippen LogP contribution in [0.3, 0.4) is 0 Å². The molecule has 0 amide bonds. The molecule has 90 valence electrons. The van der Waals surface area contributed by atoms with Crippen molar-refractivity contribution in [2.75, 3.05) is 31.8 Å². The molecule has 16 heavy (non-hydrogen) atoms. The van der Waals surface area contributed by atoms with Crippen LogP contribution in [0.4, 0.5) is 0 Å². The lowest BCUT2D eigenvalue weighted by Crippen LogP contribution is -2.30. The molecule has 1 N–H and O–H groups in total. The van der Waals surface area contributed by atoms with Crippen LogP contribution in [0.1, 0.15) is 24.2 Å². The highest BCUT2D eigenvalue weighted by Crippen LogP contribution is 2.20. The minimum Gasteiger partial charge on any atom is -0.385 e. The first kappa shape index (κ1) is 11.9. The molecule has 5 nitrogen and oxygen atoms in total. The zero-order valence-corrected chi connectivity index (χ0v) is 10.3. The van der Waals surface area contributed by atoms with Gasteiger partial charge in [-0.25, -0.2) is 0 Å². The molecule has 2 heterocycles. The van der Waals surface area contributed by atoms with Crippen molar-refractivity contribution in [2.45, 2.75) is 18.9 Å². The van der Waals surface area contributed by atoms with Crippen LogP contribution in [-0.2, 0) is 11.2 Å². The van der Waals surface area contributed by atoms with Gasteiger partial charge >= 0.3 is 0 Å². The number of rotatable bonds is 5. The van der Waals surface area contributed by atoms with Gasteiger partial charge in [0.15, 0.2) is 5.82 Å². The standard InChI is InChI=1S/C10H17N3O2S/c1-14-5-2-3-9-12-10(15-13-9)8-7-16-6-4-11-8/h8,11H,2-7H2,1H3. The number of hydrogen-bond acceptors (Lipinski definition) is 6. The summed E-state index contributed by atoms with van der Waals surface area (Å²) in [5.41, 5.74) is 0. The van der Waals surface area contributed by atoms with Crippen molar-refractivity contribution in [1.29, 1.82) is 0 Å². The number of nitrogens with zero attached hydrogens (tertiary/aromatic N) is 2. The second kappa shape index (κ2) is 6.22. The van der Waals surface area contributed by atoms with E-state index >= 15 is 0 Å². The smallest absolute Gasteiger partial charge is 0.244 e. The van der Waals surface area contributed by atoms with Gasteiger partial charge in [0, 0.05) is 38.2 Å². The molecule has 1 atom stereocenters. The van der Waals surface area contributed by atoms with E-state index in [2.05, 4.69) is 15.5 Å². The minimum atomic E-state index is 0.224. The van der Waals surface area contributed by atoms with E-state index in [1.165, 1.54) is 0 Å². The fourth-order valence-corrected chi connectivity index (χ4v) is 2.53. The van der Waals surface area contributed by atoms with Crippen LogP contribution >= 0.6 is 11.8 Å². The van der Waals surface area contributed by atoms with E-state index in [1.54, 1.807) is 7.11 Å². The van der Waals surface area contributed by atoms with Crippen molar-refractivity contribution in [2.24, 2.45) is 0 Å². The average Bonchev–Trinajstić information content (AvgIpc) is 2.79. The largest absolute Gasteiger partial charge is 0.385 e. The topological polar surface area (TPSA) is 60.2 Å². The Bertz CT molecular complexity index is 313. The summed E-state index contributed by atoms with van der Waals surface area (Å²) in [4.78, 5) is 4.40. The third kappa shape index (κ3) is 3.20. The normalized spacial score (nSPS) is 21.2. The average molecular weight is 243 g/mol. The molecular weight excluding hydrogens is 226 g/mol. The lowest BCUT2D eigenvalue weighted by molar-refractivity contribution is 0.194. The molecule has 1 fully saturated rings. The molecular formula is C10H17N3O2S. The van der Waals surface area contributed by atoms with E-state index in [1.807, 2.05) is 11.8 Å². The van der Waals surface area contributed by atoms with E-state index in [-0.39, 0.29) is 6.04 Å². The third-order valence-electron chi connectivity index (χ3n) is 2.45. The van der Waals surface area contributed by atoms with Crippen LogP contribution < -0.4 is 5.32 Å². The van der Waals surface area contributed by atoms with Gasteiger partial charge in [0.25, 0.3) is 0 Å². The van der Waals surface area contributed by atoms with E-state index < -0.39 is 0 Å². The summed E-state index contributed by atoms with van der Waals surface area (Å²) < 4.78 is 10.2. The molecule has 1 aliphatic heterocycles. The maximum atomic E-state index is 5.26. The Kier molecular flexibility index (Phi) is 4.62. The van der Waals surface area contributed by atoms with Crippen molar-refractivity contribution in [3.63, 3.8) is 0 Å². The quantitative estimate of drug-likeness (QED) is 0.779. The van der Waals surface area contributed by atoms with Gasteiger partial charge in [0.1, 0.15) is 0 Å². The van der Waals surface area contributed by atoms with Gasteiger partial charge in [-0.3, -0.25) is 0 Å². The molecule has 0 radical (unpaired) electrons. The summed E-state index contributed by atoms with van der Waals surface area (Å²) >= 11 is 1.92. The number of ether oxygens (including phenoxy) is 1. The molecule has 0 saturated carbocycles. The van der Waals surface area contributed by atoms with Crippen molar-refractivity contribution in [3.05, 3.63) is 11.7 Å². The van der Waals surface area contributed by atoms with Crippen LogP contribution in [-0.4, -0.2) is 41.9 Å².